The number of carbonyl (C=O) groups is 2. The maximum atomic E-state index is 10.8. The Kier molecular flexibility index (Phi) is 5.57. The molecule has 0 rings (SSSR count). The zero-order valence-corrected chi connectivity index (χ0v) is 7.12. The van der Waals surface area contributed by atoms with E-state index in [0.717, 1.165) is 0 Å². The van der Waals surface area contributed by atoms with Crippen molar-refractivity contribution >= 4 is 12.0 Å². The summed E-state index contributed by atoms with van der Waals surface area (Å²) in [6.07, 6.45) is 0. The number of carboxylic acids is 1. The van der Waals surface area contributed by atoms with Gasteiger partial charge in [0.1, 0.15) is 6.04 Å². The molecule has 0 saturated carbocycles. The normalized spacial score (nSPS) is 11.8. The molecule has 0 radical (unpaired) electrons. The van der Waals surface area contributed by atoms with Crippen molar-refractivity contribution in [3.63, 3.8) is 0 Å². The molecule has 0 bridgehead atoms. The van der Waals surface area contributed by atoms with E-state index in [2.05, 4.69) is 10.6 Å². The summed E-state index contributed by atoms with van der Waals surface area (Å²) in [7, 11) is 0. The van der Waals surface area contributed by atoms with Gasteiger partial charge in [0.15, 0.2) is 0 Å². The smallest absolute Gasteiger partial charge is 0.322 e. The molecule has 0 aliphatic heterocycles. The second kappa shape index (κ2) is 6.21. The minimum Gasteiger partial charge on any atom is -0.480 e. The first-order chi connectivity index (χ1) is 6.07. The summed E-state index contributed by atoms with van der Waals surface area (Å²) in [5.74, 6) is -1.15. The van der Waals surface area contributed by atoms with Gasteiger partial charge in [-0.3, -0.25) is 4.79 Å². The summed E-state index contributed by atoms with van der Waals surface area (Å²) >= 11 is 0. The minimum absolute atomic E-state index is 0.105. The molecule has 0 aromatic heterocycles. The van der Waals surface area contributed by atoms with Crippen LogP contribution in [0, 0.1) is 0 Å². The van der Waals surface area contributed by atoms with E-state index < -0.39 is 18.0 Å². The van der Waals surface area contributed by atoms with Crippen molar-refractivity contribution in [2.75, 3.05) is 19.6 Å². The second-order valence-corrected chi connectivity index (χ2v) is 2.37. The van der Waals surface area contributed by atoms with Gasteiger partial charge in [-0.15, -0.1) is 0 Å². The van der Waals surface area contributed by atoms with Crippen LogP contribution in [0.5, 0.6) is 0 Å². The van der Waals surface area contributed by atoms with E-state index in [4.69, 9.17) is 16.6 Å². The summed E-state index contributed by atoms with van der Waals surface area (Å²) < 4.78 is 0. The number of hydrogen-bond acceptors (Lipinski definition) is 4. The van der Waals surface area contributed by atoms with E-state index in [1.165, 1.54) is 0 Å². The lowest BCUT2D eigenvalue weighted by molar-refractivity contribution is -0.138. The fourth-order valence-electron chi connectivity index (χ4n) is 0.538. The summed E-state index contributed by atoms with van der Waals surface area (Å²) in [5, 5.41) is 13.0. The van der Waals surface area contributed by atoms with E-state index in [1.54, 1.807) is 0 Å². The van der Waals surface area contributed by atoms with Crippen LogP contribution in [0.1, 0.15) is 0 Å². The van der Waals surface area contributed by atoms with Crippen molar-refractivity contribution in [2.45, 2.75) is 6.04 Å². The number of nitrogens with one attached hydrogen (secondary N) is 2. The molecule has 0 aromatic carbocycles. The molecule has 13 heavy (non-hydrogen) atoms. The lowest BCUT2D eigenvalue weighted by Crippen LogP contribution is -2.46. The van der Waals surface area contributed by atoms with Gasteiger partial charge in [0, 0.05) is 19.6 Å². The van der Waals surface area contributed by atoms with Crippen LogP contribution in [-0.2, 0) is 4.79 Å². The molecular weight excluding hydrogens is 176 g/mol. The molecule has 0 spiro atoms. The number of amides is 2. The third-order valence-electron chi connectivity index (χ3n) is 1.23. The molecule has 0 saturated heterocycles. The monoisotopic (exact) mass is 190 g/mol. The van der Waals surface area contributed by atoms with Crippen molar-refractivity contribution in [3.8, 4) is 0 Å². The van der Waals surface area contributed by atoms with Gasteiger partial charge >= 0.3 is 12.0 Å². The SMILES string of the molecule is NCCNC(=O)NCC(N)C(=O)O. The number of carbonyl (C=O) groups excluding carboxylic acids is 1. The topological polar surface area (TPSA) is 130 Å². The molecule has 0 aromatic rings. The zero-order valence-electron chi connectivity index (χ0n) is 7.12. The zero-order chi connectivity index (χ0) is 10.3. The predicted molar refractivity (Wildman–Crippen MR) is 46.1 cm³/mol. The summed E-state index contributed by atoms with van der Waals surface area (Å²) in [4.78, 5) is 21.0. The number of rotatable bonds is 5. The standard InChI is InChI=1S/C6H14N4O3/c7-1-2-9-6(13)10-3-4(8)5(11)12/h4H,1-3,7-8H2,(H,11,12)(H2,9,10,13). The molecule has 1 atom stereocenters. The minimum atomic E-state index is -1.15. The Morgan fingerprint density at radius 3 is 2.46 bits per heavy atom. The molecule has 0 aliphatic rings. The lowest BCUT2D eigenvalue weighted by atomic mass is 10.3. The molecular formula is C6H14N4O3. The van der Waals surface area contributed by atoms with E-state index >= 15 is 0 Å². The fourth-order valence-corrected chi connectivity index (χ4v) is 0.538. The largest absolute Gasteiger partial charge is 0.480 e. The maximum Gasteiger partial charge on any atom is 0.322 e. The second-order valence-electron chi connectivity index (χ2n) is 2.37. The first kappa shape index (κ1) is 11.7. The number of urea groups is 1. The first-order valence-electron chi connectivity index (χ1n) is 3.78. The van der Waals surface area contributed by atoms with E-state index in [9.17, 15) is 9.59 Å². The van der Waals surface area contributed by atoms with Crippen molar-refractivity contribution in [3.05, 3.63) is 0 Å². The van der Waals surface area contributed by atoms with Gasteiger partial charge in [0.2, 0.25) is 0 Å². The number of nitrogens with two attached hydrogens (primary N) is 2. The number of aliphatic carboxylic acids is 1. The summed E-state index contributed by atoms with van der Waals surface area (Å²) in [5.41, 5.74) is 10.2. The van der Waals surface area contributed by atoms with E-state index in [1.807, 2.05) is 0 Å². The number of carboxylic acid groups (broad SMARTS) is 1. The highest BCUT2D eigenvalue weighted by atomic mass is 16.4. The number of hydrogen-bond donors (Lipinski definition) is 5. The van der Waals surface area contributed by atoms with Gasteiger partial charge in [-0.2, -0.15) is 0 Å². The van der Waals surface area contributed by atoms with Crippen molar-refractivity contribution in [2.24, 2.45) is 11.5 Å². The average molecular weight is 190 g/mol. The molecule has 7 N–H and O–H groups in total. The van der Waals surface area contributed by atoms with Crippen LogP contribution in [0.25, 0.3) is 0 Å². The molecule has 0 aliphatic carbocycles. The molecule has 0 fully saturated rings. The van der Waals surface area contributed by atoms with Gasteiger partial charge < -0.3 is 27.2 Å². The molecule has 0 heterocycles. The highest BCUT2D eigenvalue weighted by molar-refractivity contribution is 5.77. The van der Waals surface area contributed by atoms with Crippen LogP contribution >= 0.6 is 0 Å². The van der Waals surface area contributed by atoms with Gasteiger partial charge in [-0.1, -0.05) is 0 Å². The first-order valence-corrected chi connectivity index (χ1v) is 3.78. The quantitative estimate of drug-likeness (QED) is 0.331. The van der Waals surface area contributed by atoms with Crippen LogP contribution in [-0.4, -0.2) is 42.8 Å². The van der Waals surface area contributed by atoms with Crippen molar-refractivity contribution in [1.29, 1.82) is 0 Å². The molecule has 76 valence electrons. The Balaban J connectivity index is 3.52. The molecule has 7 nitrogen and oxygen atoms in total. The van der Waals surface area contributed by atoms with Gasteiger partial charge in [0.05, 0.1) is 0 Å². The fraction of sp³-hybridized carbons (Fsp3) is 0.667. The maximum absolute atomic E-state index is 10.8. The Morgan fingerprint density at radius 2 is 2.00 bits per heavy atom. The molecule has 7 heteroatoms. The third kappa shape index (κ3) is 5.88. The van der Waals surface area contributed by atoms with Crippen LogP contribution in [0.2, 0.25) is 0 Å². The average Bonchev–Trinajstić information content (AvgIpc) is 2.10. The molecule has 1 unspecified atom stereocenters. The third-order valence-corrected chi connectivity index (χ3v) is 1.23. The Labute approximate surface area is 75.5 Å². The van der Waals surface area contributed by atoms with Crippen molar-refractivity contribution in [1.82, 2.24) is 10.6 Å². The van der Waals surface area contributed by atoms with Gasteiger partial charge in [-0.25, -0.2) is 4.79 Å². The van der Waals surface area contributed by atoms with Crippen LogP contribution in [0.4, 0.5) is 4.79 Å². The lowest BCUT2D eigenvalue weighted by Gasteiger charge is -2.08. The van der Waals surface area contributed by atoms with Gasteiger partial charge in [-0.05, 0) is 0 Å². The van der Waals surface area contributed by atoms with Crippen molar-refractivity contribution < 1.29 is 14.7 Å². The summed E-state index contributed by atoms with van der Waals surface area (Å²) in [6.45, 7) is 0.568. The Morgan fingerprint density at radius 1 is 1.38 bits per heavy atom. The van der Waals surface area contributed by atoms with E-state index in [-0.39, 0.29) is 6.54 Å². The van der Waals surface area contributed by atoms with E-state index in [0.29, 0.717) is 13.1 Å². The Bertz CT molecular complexity index is 185. The van der Waals surface area contributed by atoms with Crippen LogP contribution < -0.4 is 22.1 Å². The highest BCUT2D eigenvalue weighted by Gasteiger charge is 2.11. The predicted octanol–water partition coefficient (Wildman–Crippen LogP) is -2.34. The Hall–Kier alpha value is -1.34. The highest BCUT2D eigenvalue weighted by Crippen LogP contribution is 1.75. The van der Waals surface area contributed by atoms with Crippen LogP contribution in [0.15, 0.2) is 0 Å². The summed E-state index contributed by atoms with van der Waals surface area (Å²) in [6, 6.07) is -1.55. The van der Waals surface area contributed by atoms with Crippen LogP contribution in [0.3, 0.4) is 0 Å². The van der Waals surface area contributed by atoms with Gasteiger partial charge in [0.25, 0.3) is 0 Å². The molecule has 2 amide bonds.